The van der Waals surface area contributed by atoms with Crippen molar-refractivity contribution in [3.8, 4) is 5.75 Å². The van der Waals surface area contributed by atoms with E-state index in [0.717, 1.165) is 9.13 Å². The third kappa shape index (κ3) is 2.96. The van der Waals surface area contributed by atoms with Crippen LogP contribution in [0.25, 0.3) is 0 Å². The van der Waals surface area contributed by atoms with E-state index < -0.39 is 6.04 Å². The number of aromatic hydroxyl groups is 1. The average molecular weight is 290 g/mol. The minimum Gasteiger partial charge on any atom is -0.507 e. The van der Waals surface area contributed by atoms with Gasteiger partial charge >= 0.3 is 0 Å². The lowest BCUT2D eigenvalue weighted by Crippen LogP contribution is -2.23. The van der Waals surface area contributed by atoms with Crippen LogP contribution in [0.15, 0.2) is 18.2 Å². The Hall–Kier alpha value is -0.620. The van der Waals surface area contributed by atoms with E-state index in [9.17, 15) is 9.90 Å². The first-order chi connectivity index (χ1) is 6.13. The van der Waals surface area contributed by atoms with Crippen LogP contribution in [0.5, 0.6) is 5.75 Å². The van der Waals surface area contributed by atoms with Crippen LogP contribution in [-0.4, -0.2) is 17.4 Å². The lowest BCUT2D eigenvalue weighted by atomic mass is 10.1. The predicted molar refractivity (Wildman–Crippen MR) is 58.2 cm³/mol. The van der Waals surface area contributed by atoms with Crippen molar-refractivity contribution < 1.29 is 9.90 Å². The Morgan fingerprint density at radius 1 is 1.62 bits per heavy atom. The van der Waals surface area contributed by atoms with E-state index in [0.29, 0.717) is 6.42 Å². The minimum atomic E-state index is -0.583. The van der Waals surface area contributed by atoms with Crippen LogP contribution in [0, 0.1) is 3.57 Å². The molecule has 0 aliphatic rings. The summed E-state index contributed by atoms with van der Waals surface area (Å²) in [5.41, 5.74) is 6.33. The summed E-state index contributed by atoms with van der Waals surface area (Å²) >= 11 is 2.02. The van der Waals surface area contributed by atoms with Crippen molar-refractivity contribution in [1.82, 2.24) is 0 Å². The Balaban J connectivity index is 2.79. The number of nitrogens with two attached hydrogens (primary N) is 1. The number of rotatable bonds is 3. The molecule has 1 aromatic rings. The molecule has 0 aliphatic heterocycles. The van der Waals surface area contributed by atoms with E-state index in [2.05, 4.69) is 0 Å². The van der Waals surface area contributed by atoms with Crippen molar-refractivity contribution in [2.24, 2.45) is 5.73 Å². The monoisotopic (exact) mass is 290 g/mol. The summed E-state index contributed by atoms with van der Waals surface area (Å²) in [6.07, 6.45) is 2.17. The van der Waals surface area contributed by atoms with Crippen LogP contribution in [0.2, 0.25) is 0 Å². The molecule has 1 aromatic carbocycles. The Kier molecular flexibility index (Phi) is 3.68. The van der Waals surface area contributed by atoms with E-state index in [4.69, 9.17) is 5.73 Å². The molecule has 1 radical (unpaired) electrons. The number of phenols is 1. The maximum Gasteiger partial charge on any atom is 0.217 e. The number of benzene rings is 1. The molecule has 0 saturated carbocycles. The van der Waals surface area contributed by atoms with E-state index in [-0.39, 0.29) is 5.75 Å². The minimum absolute atomic E-state index is 0.244. The summed E-state index contributed by atoms with van der Waals surface area (Å²) in [7, 11) is 0. The molecule has 1 atom stereocenters. The summed E-state index contributed by atoms with van der Waals surface area (Å²) in [6, 6.07) is 4.55. The summed E-state index contributed by atoms with van der Waals surface area (Å²) in [4.78, 5) is 10.2. The molecule has 1 rings (SSSR count). The maximum atomic E-state index is 10.2. The van der Waals surface area contributed by atoms with Crippen molar-refractivity contribution >= 4 is 28.9 Å². The van der Waals surface area contributed by atoms with Crippen molar-refractivity contribution in [3.05, 3.63) is 27.3 Å². The van der Waals surface area contributed by atoms with Crippen molar-refractivity contribution in [2.75, 3.05) is 0 Å². The van der Waals surface area contributed by atoms with Gasteiger partial charge in [-0.05, 0) is 46.7 Å². The Labute approximate surface area is 90.1 Å². The van der Waals surface area contributed by atoms with Crippen LogP contribution in [0.4, 0.5) is 0 Å². The van der Waals surface area contributed by atoms with Gasteiger partial charge in [-0.2, -0.15) is 0 Å². The molecule has 3 nitrogen and oxygen atoms in total. The van der Waals surface area contributed by atoms with Crippen molar-refractivity contribution in [1.29, 1.82) is 0 Å². The number of hydrogen-bond donors (Lipinski definition) is 2. The molecule has 3 N–H and O–H groups in total. The maximum absolute atomic E-state index is 10.2. The Bertz CT molecular complexity index is 314. The van der Waals surface area contributed by atoms with E-state index in [1.165, 1.54) is 0 Å². The van der Waals surface area contributed by atoms with Gasteiger partial charge in [0.05, 0.1) is 9.61 Å². The normalized spacial score (nSPS) is 12.5. The first-order valence-electron chi connectivity index (χ1n) is 3.74. The number of phenolic OH excluding ortho intramolecular Hbond substituents is 1. The summed E-state index contributed by atoms with van der Waals surface area (Å²) < 4.78 is 0.758. The van der Waals surface area contributed by atoms with Crippen molar-refractivity contribution in [3.63, 3.8) is 0 Å². The molecular formula is C9H9INO2. The third-order valence-corrected chi connectivity index (χ3v) is 2.48. The second-order valence-electron chi connectivity index (χ2n) is 2.71. The molecule has 0 unspecified atom stereocenters. The number of carbonyl (C=O) groups excluding carboxylic acids is 1. The molecule has 0 heterocycles. The summed E-state index contributed by atoms with van der Waals surface area (Å²) in [5, 5.41) is 9.22. The highest BCUT2D eigenvalue weighted by atomic mass is 127. The van der Waals surface area contributed by atoms with Gasteiger partial charge in [0.2, 0.25) is 6.29 Å². The van der Waals surface area contributed by atoms with Crippen LogP contribution in [0.3, 0.4) is 0 Å². The second-order valence-corrected chi connectivity index (χ2v) is 3.88. The highest BCUT2D eigenvalue weighted by Crippen LogP contribution is 2.20. The summed E-state index contributed by atoms with van der Waals surface area (Å²) in [6.45, 7) is 0. The SMILES string of the molecule is N[C@H]([C]=O)Cc1ccc(O)c(I)c1. The molecule has 69 valence electrons. The van der Waals surface area contributed by atoms with Gasteiger partial charge in [-0.15, -0.1) is 0 Å². The molecule has 0 aliphatic carbocycles. The quantitative estimate of drug-likeness (QED) is 0.816. The molecule has 4 heteroatoms. The summed E-state index contributed by atoms with van der Waals surface area (Å²) in [5.74, 6) is 0.244. The lowest BCUT2D eigenvalue weighted by molar-refractivity contribution is 0.471. The number of halogens is 1. The zero-order valence-corrected chi connectivity index (χ0v) is 8.98. The molecule has 0 spiro atoms. The Morgan fingerprint density at radius 2 is 2.31 bits per heavy atom. The molecule has 0 fully saturated rings. The van der Waals surface area contributed by atoms with Gasteiger partial charge in [0.25, 0.3) is 0 Å². The van der Waals surface area contributed by atoms with E-state index >= 15 is 0 Å². The molecule has 0 aromatic heterocycles. The van der Waals surface area contributed by atoms with E-state index in [1.54, 1.807) is 24.5 Å². The fourth-order valence-electron chi connectivity index (χ4n) is 0.973. The standard InChI is InChI=1S/C9H9INO2/c10-8-4-6(1-2-9(8)13)3-7(11)5-12/h1-2,4,7,13H,3,11H2/t7-/m0/s1. The van der Waals surface area contributed by atoms with Gasteiger partial charge in [0.15, 0.2) is 0 Å². The zero-order valence-electron chi connectivity index (χ0n) is 6.83. The lowest BCUT2D eigenvalue weighted by Gasteiger charge is -2.04. The van der Waals surface area contributed by atoms with Gasteiger partial charge in [0, 0.05) is 0 Å². The molecule has 0 saturated heterocycles. The van der Waals surface area contributed by atoms with Gasteiger partial charge in [-0.1, -0.05) is 6.07 Å². The molecular weight excluding hydrogens is 281 g/mol. The number of hydrogen-bond acceptors (Lipinski definition) is 3. The van der Waals surface area contributed by atoms with Gasteiger partial charge in [0.1, 0.15) is 5.75 Å². The Morgan fingerprint density at radius 3 is 2.85 bits per heavy atom. The molecule has 0 amide bonds. The van der Waals surface area contributed by atoms with Crippen LogP contribution in [0.1, 0.15) is 5.56 Å². The topological polar surface area (TPSA) is 63.3 Å². The van der Waals surface area contributed by atoms with Crippen LogP contribution < -0.4 is 5.73 Å². The fourth-order valence-corrected chi connectivity index (χ4v) is 1.55. The van der Waals surface area contributed by atoms with Gasteiger partial charge in [-0.25, -0.2) is 0 Å². The molecule has 0 bridgehead atoms. The van der Waals surface area contributed by atoms with Crippen LogP contribution >= 0.6 is 22.6 Å². The van der Waals surface area contributed by atoms with Crippen LogP contribution in [-0.2, 0) is 11.2 Å². The van der Waals surface area contributed by atoms with Gasteiger partial charge in [-0.3, -0.25) is 4.79 Å². The third-order valence-electron chi connectivity index (χ3n) is 1.62. The largest absolute Gasteiger partial charge is 0.507 e. The van der Waals surface area contributed by atoms with E-state index in [1.807, 2.05) is 22.6 Å². The first-order valence-corrected chi connectivity index (χ1v) is 4.82. The smallest absolute Gasteiger partial charge is 0.217 e. The highest BCUT2D eigenvalue weighted by Gasteiger charge is 2.04. The van der Waals surface area contributed by atoms with Gasteiger partial charge < -0.3 is 10.8 Å². The zero-order chi connectivity index (χ0) is 9.84. The fraction of sp³-hybridized carbons (Fsp3) is 0.222. The molecule has 13 heavy (non-hydrogen) atoms. The average Bonchev–Trinajstić information content (AvgIpc) is 2.11. The predicted octanol–water partition coefficient (Wildman–Crippen LogP) is 0.976. The second kappa shape index (κ2) is 4.57. The first kappa shape index (κ1) is 10.5. The van der Waals surface area contributed by atoms with Crippen molar-refractivity contribution in [2.45, 2.75) is 12.5 Å². The highest BCUT2D eigenvalue weighted by molar-refractivity contribution is 14.1.